The number of carboxylic acid groups (broad SMARTS) is 1. The molecule has 0 bridgehead atoms. The largest absolute Gasteiger partial charge is 0.481 e. The van der Waals surface area contributed by atoms with Gasteiger partial charge in [0, 0.05) is 12.5 Å². The van der Waals surface area contributed by atoms with Crippen molar-refractivity contribution in [2.45, 2.75) is 58.9 Å². The molecule has 1 amide bonds. The van der Waals surface area contributed by atoms with Crippen LogP contribution in [0.2, 0.25) is 0 Å². The van der Waals surface area contributed by atoms with Crippen molar-refractivity contribution in [1.82, 2.24) is 5.32 Å². The van der Waals surface area contributed by atoms with E-state index in [1.807, 2.05) is 14.1 Å². The minimum atomic E-state index is -0.795. The number of ether oxygens (including phenoxy) is 1. The van der Waals surface area contributed by atoms with Crippen LogP contribution < -0.4 is 5.32 Å². The zero-order chi connectivity index (χ0) is 21.4. The van der Waals surface area contributed by atoms with Gasteiger partial charge in [0.15, 0.2) is 0 Å². The van der Waals surface area contributed by atoms with Crippen LogP contribution in [-0.2, 0) is 14.3 Å². The highest BCUT2D eigenvalue weighted by atomic mass is 16.5. The Morgan fingerprint density at radius 2 is 1.93 bits per heavy atom. The molecule has 0 aromatic rings. The van der Waals surface area contributed by atoms with Crippen molar-refractivity contribution in [3.8, 4) is 0 Å². The van der Waals surface area contributed by atoms with Crippen LogP contribution in [0.3, 0.4) is 0 Å². The number of rotatable bonds is 10. The van der Waals surface area contributed by atoms with Gasteiger partial charge in [0.25, 0.3) is 0 Å². The number of aliphatic carboxylic acids is 1. The van der Waals surface area contributed by atoms with Gasteiger partial charge < -0.3 is 19.6 Å². The van der Waals surface area contributed by atoms with Crippen molar-refractivity contribution in [2.75, 3.05) is 40.3 Å². The molecule has 0 radical (unpaired) electrons. The summed E-state index contributed by atoms with van der Waals surface area (Å²) in [6.07, 6.45) is 4.44. The van der Waals surface area contributed by atoms with E-state index in [2.05, 4.69) is 31.1 Å². The van der Waals surface area contributed by atoms with Crippen molar-refractivity contribution in [3.05, 3.63) is 0 Å². The molecule has 1 saturated carbocycles. The highest BCUT2D eigenvalue weighted by Crippen LogP contribution is 2.46. The smallest absolute Gasteiger partial charge is 0.407 e. The Labute approximate surface area is 167 Å². The van der Waals surface area contributed by atoms with Gasteiger partial charge in [0.2, 0.25) is 6.08 Å². The number of alkyl carbamates (subject to hydrolysis) is 1. The molecule has 0 saturated heterocycles. The van der Waals surface area contributed by atoms with Crippen molar-refractivity contribution in [1.29, 1.82) is 0 Å². The minimum absolute atomic E-state index is 0.0267. The number of likely N-dealkylation sites (N-methyl/N-ethyl adjacent to an activating group) is 1. The molecule has 2 unspecified atom stereocenters. The van der Waals surface area contributed by atoms with E-state index in [1.165, 1.54) is 0 Å². The average Bonchev–Trinajstić information content (AvgIpc) is 2.50. The monoisotopic (exact) mass is 398 g/mol. The molecule has 1 aliphatic carbocycles. The van der Waals surface area contributed by atoms with E-state index in [0.717, 1.165) is 19.3 Å². The van der Waals surface area contributed by atoms with E-state index in [-0.39, 0.29) is 29.9 Å². The van der Waals surface area contributed by atoms with E-state index in [0.29, 0.717) is 30.5 Å². The lowest BCUT2D eigenvalue weighted by Gasteiger charge is -2.45. The standard InChI is InChI=1S/C20H35N3O5/c1-19(2)11-16(12-20(3,13-19)14-21-15-24)22-18(27)28-10-9-23(4,5)8-6-7-17(25)26/h16H,6-14H2,1-5H3,(H-,22,25,26,27)/p+1. The molecule has 8 nitrogen and oxygen atoms in total. The van der Waals surface area contributed by atoms with Gasteiger partial charge in [-0.25, -0.2) is 14.6 Å². The van der Waals surface area contributed by atoms with Crippen molar-refractivity contribution in [2.24, 2.45) is 15.8 Å². The summed E-state index contributed by atoms with van der Waals surface area (Å²) in [5.74, 6) is -0.795. The third-order valence-electron chi connectivity index (χ3n) is 5.37. The zero-order valence-electron chi connectivity index (χ0n) is 17.9. The first-order valence-electron chi connectivity index (χ1n) is 9.87. The number of carbonyl (C=O) groups is 2. The second-order valence-corrected chi connectivity index (χ2v) is 9.82. The quantitative estimate of drug-likeness (QED) is 0.334. The van der Waals surface area contributed by atoms with Crippen LogP contribution in [0.25, 0.3) is 0 Å². The molecule has 1 fully saturated rings. The normalized spacial score (nSPS) is 24.1. The number of hydrogen-bond acceptors (Lipinski definition) is 5. The number of carboxylic acids is 1. The van der Waals surface area contributed by atoms with Crippen LogP contribution in [0.15, 0.2) is 4.99 Å². The fraction of sp³-hybridized carbons (Fsp3) is 0.850. The van der Waals surface area contributed by atoms with Gasteiger partial charge in [-0.05, 0) is 30.1 Å². The van der Waals surface area contributed by atoms with Crippen molar-refractivity contribution in [3.63, 3.8) is 0 Å². The van der Waals surface area contributed by atoms with E-state index < -0.39 is 12.1 Å². The third-order valence-corrected chi connectivity index (χ3v) is 5.37. The number of amides is 1. The van der Waals surface area contributed by atoms with E-state index in [1.54, 1.807) is 6.08 Å². The summed E-state index contributed by atoms with van der Waals surface area (Å²) in [5, 5.41) is 11.7. The number of hydrogen-bond donors (Lipinski definition) is 2. The highest BCUT2D eigenvalue weighted by molar-refractivity contribution is 5.67. The second kappa shape index (κ2) is 10.0. The SMILES string of the molecule is CC1(C)CC(NC(=O)OCC[N+](C)(C)CCCC(=O)O)CC(C)(CN=C=O)C1. The Morgan fingerprint density at radius 1 is 1.25 bits per heavy atom. The van der Waals surface area contributed by atoms with Crippen molar-refractivity contribution < 1.29 is 28.7 Å². The van der Waals surface area contributed by atoms with Crippen LogP contribution in [0.4, 0.5) is 4.79 Å². The first-order valence-corrected chi connectivity index (χ1v) is 9.87. The number of carbonyl (C=O) groups excluding carboxylic acids is 2. The molecule has 2 N–H and O–H groups in total. The van der Waals surface area contributed by atoms with Gasteiger partial charge in [-0.1, -0.05) is 20.8 Å². The molecular weight excluding hydrogens is 362 g/mol. The maximum atomic E-state index is 12.2. The fourth-order valence-electron chi connectivity index (χ4n) is 4.44. The summed E-state index contributed by atoms with van der Waals surface area (Å²) in [7, 11) is 3.98. The summed E-state index contributed by atoms with van der Waals surface area (Å²) in [6.45, 7) is 8.42. The van der Waals surface area contributed by atoms with Crippen LogP contribution in [0, 0.1) is 10.8 Å². The minimum Gasteiger partial charge on any atom is -0.481 e. The predicted octanol–water partition coefficient (Wildman–Crippen LogP) is 2.57. The summed E-state index contributed by atoms with van der Waals surface area (Å²) in [4.78, 5) is 37.1. The van der Waals surface area contributed by atoms with Crippen LogP contribution in [0.5, 0.6) is 0 Å². The molecule has 28 heavy (non-hydrogen) atoms. The highest BCUT2D eigenvalue weighted by Gasteiger charge is 2.41. The Morgan fingerprint density at radius 3 is 2.54 bits per heavy atom. The molecule has 1 rings (SSSR count). The van der Waals surface area contributed by atoms with E-state index in [4.69, 9.17) is 9.84 Å². The number of nitrogens with one attached hydrogen (secondary N) is 1. The second-order valence-electron chi connectivity index (χ2n) is 9.82. The summed E-state index contributed by atoms with van der Waals surface area (Å²) >= 11 is 0. The predicted molar refractivity (Wildman–Crippen MR) is 106 cm³/mol. The van der Waals surface area contributed by atoms with Gasteiger partial charge in [-0.2, -0.15) is 0 Å². The van der Waals surface area contributed by atoms with Gasteiger partial charge in [0.05, 0.1) is 33.6 Å². The Hall–Kier alpha value is -1.92. The van der Waals surface area contributed by atoms with Gasteiger partial charge in [-0.15, -0.1) is 0 Å². The molecule has 160 valence electrons. The van der Waals surface area contributed by atoms with Crippen LogP contribution in [0.1, 0.15) is 52.9 Å². The zero-order valence-corrected chi connectivity index (χ0v) is 17.9. The first-order chi connectivity index (χ1) is 12.9. The first kappa shape index (κ1) is 24.1. The number of nitrogens with zero attached hydrogens (tertiary/aromatic N) is 2. The summed E-state index contributed by atoms with van der Waals surface area (Å²) in [5.41, 5.74) is -0.119. The van der Waals surface area contributed by atoms with Gasteiger partial charge >= 0.3 is 12.1 Å². The molecular formula is C20H36N3O5+. The molecule has 0 heterocycles. The maximum absolute atomic E-state index is 12.2. The topological polar surface area (TPSA) is 105 Å². The number of quaternary nitrogens is 1. The average molecular weight is 399 g/mol. The van der Waals surface area contributed by atoms with E-state index in [9.17, 15) is 14.4 Å². The summed E-state index contributed by atoms with van der Waals surface area (Å²) in [6, 6.07) is -0.0267. The Balaban J connectivity index is 2.46. The Kier molecular flexibility index (Phi) is 8.64. The molecule has 8 heteroatoms. The lowest BCUT2D eigenvalue weighted by Crippen LogP contribution is -2.48. The molecule has 2 atom stereocenters. The van der Waals surface area contributed by atoms with Crippen LogP contribution >= 0.6 is 0 Å². The van der Waals surface area contributed by atoms with Gasteiger partial charge in [-0.3, -0.25) is 4.79 Å². The fourth-order valence-corrected chi connectivity index (χ4v) is 4.44. The number of isocyanates is 1. The Bertz CT molecular complexity index is 599. The third kappa shape index (κ3) is 9.33. The van der Waals surface area contributed by atoms with Crippen LogP contribution in [-0.4, -0.2) is 74.1 Å². The lowest BCUT2D eigenvalue weighted by atomic mass is 9.62. The van der Waals surface area contributed by atoms with Crippen molar-refractivity contribution >= 4 is 18.1 Å². The molecule has 1 aliphatic rings. The molecule has 0 aromatic carbocycles. The number of aliphatic imine (C=N–C) groups is 1. The lowest BCUT2D eigenvalue weighted by molar-refractivity contribution is -0.890. The molecule has 0 aromatic heterocycles. The maximum Gasteiger partial charge on any atom is 0.407 e. The molecule has 0 spiro atoms. The molecule has 0 aliphatic heterocycles. The van der Waals surface area contributed by atoms with Gasteiger partial charge in [0.1, 0.15) is 13.2 Å². The summed E-state index contributed by atoms with van der Waals surface area (Å²) < 4.78 is 5.95. The van der Waals surface area contributed by atoms with E-state index >= 15 is 0 Å².